The van der Waals surface area contributed by atoms with E-state index >= 15 is 0 Å². The molecule has 0 aliphatic rings. The molecule has 0 heterocycles. The van der Waals surface area contributed by atoms with Crippen LogP contribution in [0.15, 0.2) is 0 Å². The average molecular weight is 187 g/mol. The fourth-order valence-electron chi connectivity index (χ4n) is 0.954. The van der Waals surface area contributed by atoms with Gasteiger partial charge in [0.25, 0.3) is 0 Å². The monoisotopic (exact) mass is 187 g/mol. The Bertz CT molecular complexity index is 159. The molecule has 1 atom stereocenters. The second-order valence-electron chi connectivity index (χ2n) is 2.79. The Morgan fingerprint density at radius 3 is 2.77 bits per heavy atom. The molecule has 0 bridgehead atoms. The molecule has 0 spiro atoms. The van der Waals surface area contributed by atoms with Gasteiger partial charge in [0.1, 0.15) is 12.3 Å². The highest BCUT2D eigenvalue weighted by molar-refractivity contribution is 5.78. The topological polar surface area (TPSA) is 55.4 Å². The van der Waals surface area contributed by atoms with E-state index in [1.165, 1.54) is 7.11 Å². The Hall–Kier alpha value is -0.900. The summed E-state index contributed by atoms with van der Waals surface area (Å²) >= 11 is 0. The van der Waals surface area contributed by atoms with Crippen molar-refractivity contribution in [3.63, 3.8) is 0 Å². The highest BCUT2D eigenvalue weighted by atomic mass is 16.5. The van der Waals surface area contributed by atoms with E-state index in [1.54, 1.807) is 0 Å². The van der Waals surface area contributed by atoms with Gasteiger partial charge in [0.15, 0.2) is 0 Å². The number of unbranched alkanes of at least 4 members (excludes halogenated alkanes) is 1. The number of carbonyl (C=O) groups excluding carboxylic acids is 2. The molecule has 0 saturated heterocycles. The van der Waals surface area contributed by atoms with Gasteiger partial charge in [-0.3, -0.25) is 4.79 Å². The summed E-state index contributed by atoms with van der Waals surface area (Å²) in [5.74, 6) is -0.372. The summed E-state index contributed by atoms with van der Waals surface area (Å²) in [6.07, 6.45) is 2.95. The van der Waals surface area contributed by atoms with Crippen molar-refractivity contribution in [3.8, 4) is 0 Å². The lowest BCUT2D eigenvalue weighted by atomic mass is 10.2. The third-order valence-corrected chi connectivity index (χ3v) is 1.74. The van der Waals surface area contributed by atoms with Crippen LogP contribution in [0.2, 0.25) is 0 Å². The maximum absolute atomic E-state index is 11.1. The zero-order valence-corrected chi connectivity index (χ0v) is 8.21. The molecule has 0 radical (unpaired) electrons. The largest absolute Gasteiger partial charge is 0.468 e. The van der Waals surface area contributed by atoms with Gasteiger partial charge in [-0.15, -0.1) is 0 Å². The minimum absolute atomic E-state index is 0.177. The van der Waals surface area contributed by atoms with E-state index in [0.29, 0.717) is 0 Å². The summed E-state index contributed by atoms with van der Waals surface area (Å²) < 4.78 is 4.54. The van der Waals surface area contributed by atoms with Crippen LogP contribution >= 0.6 is 0 Å². The van der Waals surface area contributed by atoms with E-state index in [1.807, 2.05) is 0 Å². The SMILES string of the molecule is CCCCNC(CC=O)C(=O)OC. The Kier molecular flexibility index (Phi) is 7.20. The van der Waals surface area contributed by atoms with Crippen molar-refractivity contribution >= 4 is 12.3 Å². The summed E-state index contributed by atoms with van der Waals surface area (Å²) in [5.41, 5.74) is 0. The number of nitrogens with one attached hydrogen (secondary N) is 1. The highest BCUT2D eigenvalue weighted by Gasteiger charge is 2.16. The van der Waals surface area contributed by atoms with Crippen molar-refractivity contribution in [3.05, 3.63) is 0 Å². The fraction of sp³-hybridized carbons (Fsp3) is 0.778. The van der Waals surface area contributed by atoms with E-state index < -0.39 is 6.04 Å². The number of carbonyl (C=O) groups is 2. The van der Waals surface area contributed by atoms with Crippen molar-refractivity contribution in [1.82, 2.24) is 5.32 Å². The summed E-state index contributed by atoms with van der Waals surface area (Å²) in [5, 5.41) is 2.97. The van der Waals surface area contributed by atoms with Gasteiger partial charge >= 0.3 is 5.97 Å². The molecule has 0 fully saturated rings. The van der Waals surface area contributed by atoms with Crippen molar-refractivity contribution < 1.29 is 14.3 Å². The average Bonchev–Trinajstić information content (AvgIpc) is 2.16. The van der Waals surface area contributed by atoms with E-state index in [9.17, 15) is 9.59 Å². The molecule has 4 heteroatoms. The standard InChI is InChI=1S/C9H17NO3/c1-3-4-6-10-8(5-7-11)9(12)13-2/h7-8,10H,3-6H2,1-2H3. The zero-order valence-electron chi connectivity index (χ0n) is 8.21. The van der Waals surface area contributed by atoms with E-state index in [-0.39, 0.29) is 12.4 Å². The zero-order chi connectivity index (χ0) is 10.1. The van der Waals surface area contributed by atoms with Gasteiger partial charge in [-0.25, -0.2) is 0 Å². The van der Waals surface area contributed by atoms with E-state index in [0.717, 1.165) is 25.7 Å². The van der Waals surface area contributed by atoms with Gasteiger partial charge in [0.05, 0.1) is 7.11 Å². The normalized spacial score (nSPS) is 12.2. The summed E-state index contributed by atoms with van der Waals surface area (Å²) in [6.45, 7) is 2.80. The third kappa shape index (κ3) is 5.36. The lowest BCUT2D eigenvalue weighted by Crippen LogP contribution is -2.38. The first-order valence-corrected chi connectivity index (χ1v) is 4.51. The fourth-order valence-corrected chi connectivity index (χ4v) is 0.954. The van der Waals surface area contributed by atoms with Crippen molar-refractivity contribution in [2.24, 2.45) is 0 Å². The quantitative estimate of drug-likeness (QED) is 0.358. The molecule has 1 N–H and O–H groups in total. The molecule has 0 aliphatic carbocycles. The summed E-state index contributed by atoms with van der Waals surface area (Å²) in [7, 11) is 1.32. The van der Waals surface area contributed by atoms with Crippen LogP contribution in [0, 0.1) is 0 Å². The van der Waals surface area contributed by atoms with Gasteiger partial charge < -0.3 is 14.8 Å². The second kappa shape index (κ2) is 7.73. The van der Waals surface area contributed by atoms with Crippen LogP contribution in [0.3, 0.4) is 0 Å². The lowest BCUT2D eigenvalue weighted by Gasteiger charge is -2.12. The van der Waals surface area contributed by atoms with E-state index in [2.05, 4.69) is 17.0 Å². The first kappa shape index (κ1) is 12.1. The molecule has 4 nitrogen and oxygen atoms in total. The molecule has 76 valence electrons. The van der Waals surface area contributed by atoms with Crippen molar-refractivity contribution in [2.45, 2.75) is 32.2 Å². The molecule has 0 aromatic heterocycles. The molecule has 0 amide bonds. The van der Waals surface area contributed by atoms with Crippen LogP contribution in [0.1, 0.15) is 26.2 Å². The predicted molar refractivity (Wildman–Crippen MR) is 49.4 cm³/mol. The molecule has 0 aromatic carbocycles. The van der Waals surface area contributed by atoms with Crippen LogP contribution in [-0.2, 0) is 14.3 Å². The minimum atomic E-state index is -0.478. The van der Waals surface area contributed by atoms with Crippen LogP contribution in [0.25, 0.3) is 0 Å². The van der Waals surface area contributed by atoms with Crippen LogP contribution in [-0.4, -0.2) is 32.0 Å². The van der Waals surface area contributed by atoms with Crippen LogP contribution in [0.5, 0.6) is 0 Å². The second-order valence-corrected chi connectivity index (χ2v) is 2.79. The van der Waals surface area contributed by atoms with Gasteiger partial charge in [0, 0.05) is 6.42 Å². The molecular formula is C9H17NO3. The first-order chi connectivity index (χ1) is 6.26. The molecule has 0 rings (SSSR count). The number of aldehydes is 1. The minimum Gasteiger partial charge on any atom is -0.468 e. The highest BCUT2D eigenvalue weighted by Crippen LogP contribution is 1.93. The van der Waals surface area contributed by atoms with Gasteiger partial charge in [-0.05, 0) is 13.0 Å². The molecule has 0 aliphatic heterocycles. The predicted octanol–water partition coefficient (Wildman–Crippen LogP) is 0.507. The van der Waals surface area contributed by atoms with Crippen molar-refractivity contribution in [2.75, 3.05) is 13.7 Å². The number of hydrogen-bond donors (Lipinski definition) is 1. The van der Waals surface area contributed by atoms with Gasteiger partial charge in [-0.2, -0.15) is 0 Å². The Morgan fingerprint density at radius 1 is 1.62 bits per heavy atom. The first-order valence-electron chi connectivity index (χ1n) is 4.51. The van der Waals surface area contributed by atoms with Gasteiger partial charge in [-0.1, -0.05) is 13.3 Å². The summed E-state index contributed by atoms with van der Waals surface area (Å²) in [6, 6.07) is -0.478. The number of rotatable bonds is 7. The Morgan fingerprint density at radius 2 is 2.31 bits per heavy atom. The molecule has 1 unspecified atom stereocenters. The van der Waals surface area contributed by atoms with Gasteiger partial charge in [0.2, 0.25) is 0 Å². The molecule has 0 aromatic rings. The number of methoxy groups -OCH3 is 1. The van der Waals surface area contributed by atoms with Crippen molar-refractivity contribution in [1.29, 1.82) is 0 Å². The maximum atomic E-state index is 11.1. The smallest absolute Gasteiger partial charge is 0.323 e. The summed E-state index contributed by atoms with van der Waals surface area (Å²) in [4.78, 5) is 21.3. The number of hydrogen-bond acceptors (Lipinski definition) is 4. The Labute approximate surface area is 78.6 Å². The molecular weight excluding hydrogens is 170 g/mol. The van der Waals surface area contributed by atoms with Crippen LogP contribution in [0.4, 0.5) is 0 Å². The number of esters is 1. The number of ether oxygens (including phenoxy) is 1. The lowest BCUT2D eigenvalue weighted by molar-refractivity contribution is -0.143. The van der Waals surface area contributed by atoms with Crippen LogP contribution < -0.4 is 5.32 Å². The maximum Gasteiger partial charge on any atom is 0.323 e. The molecule has 0 saturated carbocycles. The van der Waals surface area contributed by atoms with E-state index in [4.69, 9.17) is 0 Å². The molecule has 13 heavy (non-hydrogen) atoms. The Balaban J connectivity index is 3.79. The third-order valence-electron chi connectivity index (χ3n) is 1.74.